The third-order valence-corrected chi connectivity index (χ3v) is 7.38. The number of nitrogens with zero attached hydrogens (tertiary/aromatic N) is 5. The summed E-state index contributed by atoms with van der Waals surface area (Å²) in [5, 5.41) is 6.13. The minimum atomic E-state index is 0.375. The summed E-state index contributed by atoms with van der Waals surface area (Å²) in [7, 11) is 0. The van der Waals surface area contributed by atoms with Gasteiger partial charge in [-0.1, -0.05) is 25.0 Å². The third-order valence-electron chi connectivity index (χ3n) is 5.81. The Morgan fingerprint density at radius 2 is 1.96 bits per heavy atom. The van der Waals surface area contributed by atoms with Gasteiger partial charge in [0.25, 0.3) is 0 Å². The van der Waals surface area contributed by atoms with E-state index in [4.69, 9.17) is 22.3 Å². The number of hydrogen-bond donors (Lipinski definition) is 0. The molecule has 5 nitrogen and oxygen atoms in total. The van der Waals surface area contributed by atoms with Crippen LogP contribution in [-0.2, 0) is 19.6 Å². The molecule has 7 heteroatoms. The number of fused-ring (bicyclic) bond motifs is 2. The molecule has 1 atom stereocenters. The van der Waals surface area contributed by atoms with Crippen molar-refractivity contribution >= 4 is 33.8 Å². The van der Waals surface area contributed by atoms with Gasteiger partial charge in [-0.05, 0) is 50.0 Å². The number of benzene rings is 1. The van der Waals surface area contributed by atoms with Gasteiger partial charge >= 0.3 is 0 Å². The van der Waals surface area contributed by atoms with E-state index in [9.17, 15) is 0 Å². The molecule has 0 bridgehead atoms. The number of hydrogen-bond acceptors (Lipinski definition) is 5. The summed E-state index contributed by atoms with van der Waals surface area (Å²) in [6, 6.07) is 8.83. The summed E-state index contributed by atoms with van der Waals surface area (Å²) >= 11 is 7.61. The molecule has 1 fully saturated rings. The molecular formula is C20H25N5S2. The smallest absolute Gasteiger partial charge is 0.199 e. The lowest BCUT2D eigenvalue weighted by Crippen LogP contribution is -2.35. The van der Waals surface area contributed by atoms with Crippen LogP contribution in [0.1, 0.15) is 55.4 Å². The Balaban J connectivity index is 1.44. The predicted molar refractivity (Wildman–Crippen MR) is 112 cm³/mol. The first-order valence-corrected chi connectivity index (χ1v) is 11.3. The lowest BCUT2D eigenvalue weighted by molar-refractivity contribution is 0.103. The summed E-state index contributed by atoms with van der Waals surface area (Å²) < 4.78 is 6.49. The van der Waals surface area contributed by atoms with Gasteiger partial charge < -0.3 is 4.57 Å². The van der Waals surface area contributed by atoms with E-state index in [1.165, 1.54) is 54.1 Å². The van der Waals surface area contributed by atoms with Crippen LogP contribution < -0.4 is 0 Å². The zero-order chi connectivity index (χ0) is 18.2. The second-order valence-electron chi connectivity index (χ2n) is 7.65. The quantitative estimate of drug-likeness (QED) is 0.585. The van der Waals surface area contributed by atoms with Crippen LogP contribution >= 0.6 is 23.6 Å². The molecule has 0 saturated carbocycles. The van der Waals surface area contributed by atoms with Gasteiger partial charge in [0, 0.05) is 19.5 Å². The largest absolute Gasteiger partial charge is 0.304 e. The maximum atomic E-state index is 5.77. The number of aryl methyl sites for hydroxylation is 1. The first-order valence-electron chi connectivity index (χ1n) is 10.1. The van der Waals surface area contributed by atoms with E-state index in [2.05, 4.69) is 38.4 Å². The fourth-order valence-electron chi connectivity index (χ4n) is 4.36. The number of likely N-dealkylation sites (tertiary alicyclic amines) is 1. The molecule has 0 radical (unpaired) electrons. The Morgan fingerprint density at radius 1 is 1.07 bits per heavy atom. The molecule has 2 aliphatic rings. The number of aromatic nitrogens is 4. The molecular weight excluding hydrogens is 374 g/mol. The van der Waals surface area contributed by atoms with Crippen LogP contribution in [0.3, 0.4) is 0 Å². The Bertz CT molecular complexity index is 968. The van der Waals surface area contributed by atoms with Gasteiger partial charge in [-0.2, -0.15) is 5.10 Å². The van der Waals surface area contributed by atoms with Gasteiger partial charge in [-0.25, -0.2) is 9.67 Å². The molecule has 1 saturated heterocycles. The zero-order valence-corrected chi connectivity index (χ0v) is 17.1. The van der Waals surface area contributed by atoms with Gasteiger partial charge in [0.05, 0.1) is 22.9 Å². The van der Waals surface area contributed by atoms with Crippen molar-refractivity contribution in [2.75, 3.05) is 6.54 Å². The molecule has 142 valence electrons. The third kappa shape index (κ3) is 3.37. The van der Waals surface area contributed by atoms with Crippen LogP contribution in [0.2, 0.25) is 0 Å². The van der Waals surface area contributed by atoms with E-state index in [-0.39, 0.29) is 0 Å². The molecule has 0 aliphatic carbocycles. The summed E-state index contributed by atoms with van der Waals surface area (Å²) in [4.78, 5) is 7.48. The number of thiazole rings is 1. The van der Waals surface area contributed by atoms with Crippen LogP contribution in [0, 0.1) is 4.77 Å². The van der Waals surface area contributed by atoms with Crippen molar-refractivity contribution in [3.63, 3.8) is 0 Å². The molecule has 5 rings (SSSR count). The van der Waals surface area contributed by atoms with E-state index in [0.29, 0.717) is 6.04 Å². The fraction of sp³-hybridized carbons (Fsp3) is 0.550. The van der Waals surface area contributed by atoms with E-state index in [0.717, 1.165) is 36.5 Å². The molecule has 0 spiro atoms. The van der Waals surface area contributed by atoms with E-state index < -0.39 is 0 Å². The molecule has 2 aromatic heterocycles. The first-order chi connectivity index (χ1) is 13.3. The normalized spacial score (nSPS) is 21.3. The topological polar surface area (TPSA) is 38.9 Å². The molecule has 0 amide bonds. The molecule has 2 aliphatic heterocycles. The van der Waals surface area contributed by atoms with Crippen LogP contribution in [0.15, 0.2) is 24.3 Å². The van der Waals surface area contributed by atoms with Crippen LogP contribution in [0.5, 0.6) is 0 Å². The minimum Gasteiger partial charge on any atom is -0.304 e. The highest BCUT2D eigenvalue weighted by Crippen LogP contribution is 2.35. The van der Waals surface area contributed by atoms with Gasteiger partial charge in [-0.3, -0.25) is 4.90 Å². The van der Waals surface area contributed by atoms with Crippen molar-refractivity contribution in [2.45, 2.75) is 64.2 Å². The van der Waals surface area contributed by atoms with Crippen molar-refractivity contribution in [3.05, 3.63) is 39.9 Å². The van der Waals surface area contributed by atoms with Crippen molar-refractivity contribution in [1.82, 2.24) is 24.2 Å². The van der Waals surface area contributed by atoms with Crippen LogP contribution in [0.4, 0.5) is 0 Å². The van der Waals surface area contributed by atoms with Crippen LogP contribution in [0.25, 0.3) is 10.2 Å². The summed E-state index contributed by atoms with van der Waals surface area (Å²) in [5.41, 5.74) is 1.12. The van der Waals surface area contributed by atoms with Gasteiger partial charge in [0.2, 0.25) is 0 Å². The van der Waals surface area contributed by atoms with Crippen molar-refractivity contribution in [2.24, 2.45) is 0 Å². The van der Waals surface area contributed by atoms with E-state index >= 15 is 0 Å². The molecule has 1 aromatic carbocycles. The standard InChI is InChI=1S/C20H25N5S2/c26-20-24-13-6-1-2-11-18(24)22-25(20)14-23-12-7-5-9-16(23)19-21-15-8-3-4-10-17(15)27-19/h3-4,8,10,16H,1-2,5-7,9,11-14H2/t16-/m0/s1. The summed E-state index contributed by atoms with van der Waals surface area (Å²) in [6.07, 6.45) is 8.45. The van der Waals surface area contributed by atoms with E-state index in [1.54, 1.807) is 0 Å². The molecule has 4 heterocycles. The average Bonchev–Trinajstić information content (AvgIpc) is 3.15. The second kappa shape index (κ2) is 7.45. The maximum absolute atomic E-state index is 5.77. The van der Waals surface area contributed by atoms with Gasteiger partial charge in [0.15, 0.2) is 4.77 Å². The summed E-state index contributed by atoms with van der Waals surface area (Å²) in [6.45, 7) is 2.89. The highest BCUT2D eigenvalue weighted by Gasteiger charge is 2.28. The van der Waals surface area contributed by atoms with Crippen molar-refractivity contribution < 1.29 is 0 Å². The number of para-hydroxylation sites is 1. The Kier molecular flexibility index (Phi) is 4.83. The van der Waals surface area contributed by atoms with Gasteiger partial charge in [0.1, 0.15) is 10.8 Å². The minimum absolute atomic E-state index is 0.375. The van der Waals surface area contributed by atoms with Crippen LogP contribution in [-0.4, -0.2) is 30.8 Å². The average molecular weight is 400 g/mol. The van der Waals surface area contributed by atoms with E-state index in [1.807, 2.05) is 11.3 Å². The van der Waals surface area contributed by atoms with Crippen molar-refractivity contribution in [1.29, 1.82) is 0 Å². The second-order valence-corrected chi connectivity index (χ2v) is 9.07. The Hall–Kier alpha value is -1.57. The Labute approximate surface area is 168 Å². The zero-order valence-electron chi connectivity index (χ0n) is 15.5. The number of piperidine rings is 1. The van der Waals surface area contributed by atoms with Crippen molar-refractivity contribution in [3.8, 4) is 0 Å². The molecule has 0 N–H and O–H groups in total. The highest BCUT2D eigenvalue weighted by molar-refractivity contribution is 7.71. The SMILES string of the molecule is S=c1n(CN2CCCC[C@H]2c2nc3ccccc3s2)nc2n1CCCCC2. The first kappa shape index (κ1) is 17.5. The monoisotopic (exact) mass is 399 g/mol. The predicted octanol–water partition coefficient (Wildman–Crippen LogP) is 4.93. The lowest BCUT2D eigenvalue weighted by Gasteiger charge is -2.34. The lowest BCUT2D eigenvalue weighted by atomic mass is 10.0. The Morgan fingerprint density at radius 3 is 2.89 bits per heavy atom. The highest BCUT2D eigenvalue weighted by atomic mass is 32.1. The molecule has 27 heavy (non-hydrogen) atoms. The summed E-state index contributed by atoms with van der Waals surface area (Å²) in [5.74, 6) is 1.17. The maximum Gasteiger partial charge on any atom is 0.199 e. The van der Waals surface area contributed by atoms with Gasteiger partial charge in [-0.15, -0.1) is 11.3 Å². The fourth-order valence-corrected chi connectivity index (χ4v) is 5.79. The molecule has 3 aromatic rings. The number of rotatable bonds is 3. The molecule has 0 unspecified atom stereocenters.